The molecule has 1 aliphatic rings. The van der Waals surface area contributed by atoms with Gasteiger partial charge in [-0.2, -0.15) is 0 Å². The van der Waals surface area contributed by atoms with Crippen LogP contribution in [0.5, 0.6) is 5.75 Å². The molecule has 0 spiro atoms. The van der Waals surface area contributed by atoms with Crippen LogP contribution in [-0.4, -0.2) is 16.7 Å². The number of benzene rings is 1. The van der Waals surface area contributed by atoms with Crippen molar-refractivity contribution < 1.29 is 4.74 Å². The summed E-state index contributed by atoms with van der Waals surface area (Å²) >= 11 is 7.16. The first-order chi connectivity index (χ1) is 11.7. The number of thiophene rings is 1. The van der Waals surface area contributed by atoms with Crippen molar-refractivity contribution in [3.63, 3.8) is 0 Å². The van der Waals surface area contributed by atoms with E-state index >= 15 is 0 Å². The van der Waals surface area contributed by atoms with Crippen molar-refractivity contribution in [1.29, 1.82) is 0 Å². The molecule has 0 atom stereocenters. The van der Waals surface area contributed by atoms with Crippen LogP contribution in [0.2, 0.25) is 0 Å². The zero-order chi connectivity index (χ0) is 16.7. The minimum Gasteiger partial charge on any atom is -0.497 e. The van der Waals surface area contributed by atoms with E-state index in [1.54, 1.807) is 23.0 Å². The summed E-state index contributed by atoms with van der Waals surface area (Å²) in [6.07, 6.45) is 5.64. The summed E-state index contributed by atoms with van der Waals surface area (Å²) in [7, 11) is 1.63. The van der Waals surface area contributed by atoms with Gasteiger partial charge in [-0.3, -0.25) is 9.36 Å². The number of aromatic amines is 1. The molecule has 0 fully saturated rings. The first-order valence-electron chi connectivity index (χ1n) is 8.13. The van der Waals surface area contributed by atoms with E-state index in [0.717, 1.165) is 40.9 Å². The van der Waals surface area contributed by atoms with Crippen molar-refractivity contribution in [1.82, 2.24) is 9.55 Å². The molecule has 1 aliphatic carbocycles. The molecule has 4 rings (SSSR count). The van der Waals surface area contributed by atoms with Gasteiger partial charge in [-0.25, -0.2) is 0 Å². The Kier molecular flexibility index (Phi) is 4.02. The largest absolute Gasteiger partial charge is 0.497 e. The molecule has 0 radical (unpaired) electrons. The number of aryl methyl sites for hydroxylation is 2. The van der Waals surface area contributed by atoms with E-state index in [1.165, 1.54) is 23.3 Å². The van der Waals surface area contributed by atoms with Crippen LogP contribution in [0.1, 0.15) is 29.7 Å². The van der Waals surface area contributed by atoms with Gasteiger partial charge in [-0.05, 0) is 67.7 Å². The molecule has 0 aliphatic heterocycles. The molecule has 1 N–H and O–H groups in total. The molecule has 6 heteroatoms. The van der Waals surface area contributed by atoms with Crippen molar-refractivity contribution in [3.8, 4) is 11.4 Å². The molecule has 4 nitrogen and oxygen atoms in total. The predicted octanol–water partition coefficient (Wildman–Crippen LogP) is 4.39. The molecule has 1 aromatic carbocycles. The lowest BCUT2D eigenvalue weighted by Crippen LogP contribution is -2.20. The number of rotatable bonds is 2. The average molecular weight is 358 g/mol. The number of ether oxygens (including phenoxy) is 1. The molecule has 2 heterocycles. The number of methoxy groups -OCH3 is 1. The molecule has 3 aromatic rings. The summed E-state index contributed by atoms with van der Waals surface area (Å²) in [5.41, 5.74) is 1.97. The smallest absolute Gasteiger partial charge is 0.267 e. The van der Waals surface area contributed by atoms with Gasteiger partial charge < -0.3 is 9.72 Å². The summed E-state index contributed by atoms with van der Waals surface area (Å²) in [6, 6.07) is 7.41. The van der Waals surface area contributed by atoms with Crippen LogP contribution in [0.25, 0.3) is 15.9 Å². The number of aromatic nitrogens is 2. The molecule has 124 valence electrons. The Morgan fingerprint density at radius 2 is 1.92 bits per heavy atom. The van der Waals surface area contributed by atoms with Crippen molar-refractivity contribution in [2.75, 3.05) is 7.11 Å². The van der Waals surface area contributed by atoms with E-state index in [9.17, 15) is 4.79 Å². The lowest BCUT2D eigenvalue weighted by atomic mass is 10.1. The fourth-order valence-electron chi connectivity index (χ4n) is 3.38. The van der Waals surface area contributed by atoms with E-state index in [1.807, 2.05) is 24.3 Å². The monoisotopic (exact) mass is 358 g/mol. The highest BCUT2D eigenvalue weighted by Crippen LogP contribution is 2.33. The molecule has 0 amide bonds. The molecule has 24 heavy (non-hydrogen) atoms. The molecule has 0 bridgehead atoms. The van der Waals surface area contributed by atoms with E-state index in [4.69, 9.17) is 17.0 Å². The Morgan fingerprint density at radius 1 is 1.17 bits per heavy atom. The Morgan fingerprint density at radius 3 is 2.67 bits per heavy atom. The number of fused-ring (bicyclic) bond motifs is 3. The summed E-state index contributed by atoms with van der Waals surface area (Å²) < 4.78 is 7.22. The molecule has 0 unspecified atom stereocenters. The lowest BCUT2D eigenvalue weighted by Gasteiger charge is -2.08. The quantitative estimate of drug-likeness (QED) is 0.546. The second-order valence-corrected chi connectivity index (χ2v) is 7.53. The maximum atomic E-state index is 13.2. The molecular formula is C18H18N2O2S2. The molecule has 0 saturated heterocycles. The van der Waals surface area contributed by atoms with Crippen molar-refractivity contribution in [3.05, 3.63) is 49.8 Å². The Balaban J connectivity index is 1.97. The zero-order valence-electron chi connectivity index (χ0n) is 13.4. The Bertz CT molecular complexity index is 1010. The van der Waals surface area contributed by atoms with E-state index in [0.29, 0.717) is 4.77 Å². The van der Waals surface area contributed by atoms with Gasteiger partial charge in [0.15, 0.2) is 4.77 Å². The lowest BCUT2D eigenvalue weighted by molar-refractivity contribution is 0.414. The Labute approximate surface area is 148 Å². The number of H-pyrrole nitrogens is 1. The first-order valence-corrected chi connectivity index (χ1v) is 9.35. The van der Waals surface area contributed by atoms with Crippen molar-refractivity contribution >= 4 is 33.8 Å². The van der Waals surface area contributed by atoms with Crippen LogP contribution in [-0.2, 0) is 12.8 Å². The molecule has 2 aromatic heterocycles. The van der Waals surface area contributed by atoms with E-state index in [-0.39, 0.29) is 5.56 Å². The number of hydrogen-bond donors (Lipinski definition) is 1. The standard InChI is InChI=1S/C18H18N2O2S2/c1-22-12-9-7-11(8-10-12)20-17(21)15-13-5-3-2-4-6-14(13)24-16(15)19-18(20)23/h7-10H,2-6H2,1H3,(H,19,23). The first kappa shape index (κ1) is 15.6. The minimum atomic E-state index is -0.0154. The fraction of sp³-hybridized carbons (Fsp3) is 0.333. The second kappa shape index (κ2) is 6.18. The highest BCUT2D eigenvalue weighted by molar-refractivity contribution is 7.71. The fourth-order valence-corrected chi connectivity index (χ4v) is 5.02. The summed E-state index contributed by atoms with van der Waals surface area (Å²) in [6.45, 7) is 0. The third-order valence-electron chi connectivity index (χ3n) is 4.59. The van der Waals surface area contributed by atoms with Crippen LogP contribution in [0, 0.1) is 4.77 Å². The van der Waals surface area contributed by atoms with Gasteiger partial charge in [0, 0.05) is 4.88 Å². The summed E-state index contributed by atoms with van der Waals surface area (Å²) in [4.78, 5) is 18.7. The van der Waals surface area contributed by atoms with Crippen LogP contribution in [0.4, 0.5) is 0 Å². The van der Waals surface area contributed by atoms with Gasteiger partial charge >= 0.3 is 0 Å². The summed E-state index contributed by atoms with van der Waals surface area (Å²) in [5.74, 6) is 0.757. The molecular weight excluding hydrogens is 340 g/mol. The van der Waals surface area contributed by atoms with Crippen molar-refractivity contribution in [2.45, 2.75) is 32.1 Å². The zero-order valence-corrected chi connectivity index (χ0v) is 15.1. The normalized spacial score (nSPS) is 14.4. The number of hydrogen-bond acceptors (Lipinski definition) is 4. The third kappa shape index (κ3) is 2.50. The van der Waals surface area contributed by atoms with Gasteiger partial charge in [0.05, 0.1) is 18.2 Å². The Hall–Kier alpha value is -1.92. The van der Waals surface area contributed by atoms with Gasteiger partial charge in [0.2, 0.25) is 0 Å². The number of nitrogens with zero attached hydrogens (tertiary/aromatic N) is 1. The highest BCUT2D eigenvalue weighted by Gasteiger charge is 2.19. The maximum absolute atomic E-state index is 13.2. The van der Waals surface area contributed by atoms with E-state index < -0.39 is 0 Å². The van der Waals surface area contributed by atoms with Crippen LogP contribution >= 0.6 is 23.6 Å². The van der Waals surface area contributed by atoms with Crippen LogP contribution in [0.15, 0.2) is 29.1 Å². The van der Waals surface area contributed by atoms with Gasteiger partial charge in [0.25, 0.3) is 5.56 Å². The van der Waals surface area contributed by atoms with Gasteiger partial charge in [-0.1, -0.05) is 6.42 Å². The van der Waals surface area contributed by atoms with Crippen LogP contribution < -0.4 is 10.3 Å². The second-order valence-electron chi connectivity index (χ2n) is 6.04. The SMILES string of the molecule is COc1ccc(-n2c(=S)[nH]c3sc4c(c3c2=O)CCCCC4)cc1. The number of nitrogens with one attached hydrogen (secondary N) is 1. The predicted molar refractivity (Wildman–Crippen MR) is 100 cm³/mol. The highest BCUT2D eigenvalue weighted by atomic mass is 32.1. The van der Waals surface area contributed by atoms with Crippen molar-refractivity contribution in [2.24, 2.45) is 0 Å². The third-order valence-corrected chi connectivity index (χ3v) is 6.08. The maximum Gasteiger partial charge on any atom is 0.267 e. The molecule has 0 saturated carbocycles. The van der Waals surface area contributed by atoms with Gasteiger partial charge in [-0.15, -0.1) is 11.3 Å². The van der Waals surface area contributed by atoms with Gasteiger partial charge in [0.1, 0.15) is 10.6 Å². The minimum absolute atomic E-state index is 0.0154. The summed E-state index contributed by atoms with van der Waals surface area (Å²) in [5, 5.41) is 0.821. The average Bonchev–Trinajstić information content (AvgIpc) is 2.77. The van der Waals surface area contributed by atoms with Crippen LogP contribution in [0.3, 0.4) is 0 Å². The topological polar surface area (TPSA) is 47.0 Å². The van der Waals surface area contributed by atoms with E-state index in [2.05, 4.69) is 4.98 Å².